The Morgan fingerprint density at radius 2 is 1.78 bits per heavy atom. The van der Waals surface area contributed by atoms with E-state index in [1.54, 1.807) is 14.2 Å². The number of nitrogens with one attached hydrogen (secondary N) is 1. The molecule has 0 aliphatic carbocycles. The van der Waals surface area contributed by atoms with Crippen molar-refractivity contribution in [2.75, 3.05) is 20.8 Å². The summed E-state index contributed by atoms with van der Waals surface area (Å²) in [5.41, 5.74) is 7.81. The Balaban J connectivity index is 1.88. The van der Waals surface area contributed by atoms with Gasteiger partial charge in [0.1, 0.15) is 6.04 Å². The normalized spacial score (nSPS) is 11.6. The highest BCUT2D eigenvalue weighted by Gasteiger charge is 2.14. The molecule has 2 rings (SSSR count). The van der Waals surface area contributed by atoms with Crippen molar-refractivity contribution in [3.8, 4) is 11.5 Å². The molecule has 1 atom stereocenters. The summed E-state index contributed by atoms with van der Waals surface area (Å²) in [4.78, 5) is 12.1. The molecule has 5 nitrogen and oxygen atoms in total. The van der Waals surface area contributed by atoms with Crippen LogP contribution in [0.3, 0.4) is 0 Å². The number of carbonyl (C=O) groups excluding carboxylic acids is 1. The summed E-state index contributed by atoms with van der Waals surface area (Å²) in [5.74, 6) is 1.18. The fourth-order valence-corrected chi connectivity index (χ4v) is 2.29. The van der Waals surface area contributed by atoms with E-state index in [0.29, 0.717) is 24.5 Å². The van der Waals surface area contributed by atoms with Crippen molar-refractivity contribution in [1.82, 2.24) is 5.32 Å². The molecule has 2 aromatic carbocycles. The third-order valence-electron chi connectivity index (χ3n) is 3.60. The van der Waals surface area contributed by atoms with Crippen LogP contribution in [0.5, 0.6) is 11.5 Å². The predicted octanol–water partition coefficient (Wildman–Crippen LogP) is 2.06. The number of benzene rings is 2. The zero-order chi connectivity index (χ0) is 16.7. The van der Waals surface area contributed by atoms with E-state index in [9.17, 15) is 4.79 Å². The number of methoxy groups -OCH3 is 2. The number of carbonyl (C=O) groups is 1. The summed E-state index contributed by atoms with van der Waals surface area (Å²) in [5, 5.41) is 2.86. The van der Waals surface area contributed by atoms with E-state index < -0.39 is 6.04 Å². The summed E-state index contributed by atoms with van der Waals surface area (Å²) in [6.45, 7) is 0.509. The SMILES string of the molecule is COc1ccc(CCNC(=O)[C@@H](N)c2ccccc2)cc1OC. The van der Waals surface area contributed by atoms with Crippen LogP contribution < -0.4 is 20.5 Å². The van der Waals surface area contributed by atoms with Gasteiger partial charge in [0.15, 0.2) is 11.5 Å². The van der Waals surface area contributed by atoms with Crippen LogP contribution in [0.1, 0.15) is 17.2 Å². The molecular formula is C18H22N2O3. The fraction of sp³-hybridized carbons (Fsp3) is 0.278. The van der Waals surface area contributed by atoms with E-state index in [4.69, 9.17) is 15.2 Å². The second-order valence-electron chi connectivity index (χ2n) is 5.12. The molecule has 5 heteroatoms. The largest absolute Gasteiger partial charge is 0.493 e. The lowest BCUT2D eigenvalue weighted by Crippen LogP contribution is -2.35. The Kier molecular flexibility index (Phi) is 6.00. The van der Waals surface area contributed by atoms with Crippen molar-refractivity contribution in [2.45, 2.75) is 12.5 Å². The number of ether oxygens (including phenoxy) is 2. The van der Waals surface area contributed by atoms with E-state index in [1.807, 2.05) is 48.5 Å². The molecule has 23 heavy (non-hydrogen) atoms. The van der Waals surface area contributed by atoms with E-state index in [1.165, 1.54) is 0 Å². The lowest BCUT2D eigenvalue weighted by Gasteiger charge is -2.13. The maximum absolute atomic E-state index is 12.1. The molecule has 3 N–H and O–H groups in total. The van der Waals surface area contributed by atoms with Crippen molar-refractivity contribution < 1.29 is 14.3 Å². The average Bonchev–Trinajstić information content (AvgIpc) is 2.61. The predicted molar refractivity (Wildman–Crippen MR) is 89.6 cm³/mol. The second kappa shape index (κ2) is 8.19. The van der Waals surface area contributed by atoms with Crippen molar-refractivity contribution in [1.29, 1.82) is 0 Å². The van der Waals surface area contributed by atoms with Crippen molar-refractivity contribution in [3.63, 3.8) is 0 Å². The number of rotatable bonds is 7. The minimum absolute atomic E-state index is 0.184. The van der Waals surface area contributed by atoms with Gasteiger partial charge >= 0.3 is 0 Å². The van der Waals surface area contributed by atoms with Gasteiger partial charge in [0, 0.05) is 6.54 Å². The van der Waals surface area contributed by atoms with E-state index in [-0.39, 0.29) is 5.91 Å². The Hall–Kier alpha value is -2.53. The summed E-state index contributed by atoms with van der Waals surface area (Å²) >= 11 is 0. The van der Waals surface area contributed by atoms with Gasteiger partial charge in [0.2, 0.25) is 5.91 Å². The quantitative estimate of drug-likeness (QED) is 0.820. The Bertz CT molecular complexity index is 644. The lowest BCUT2D eigenvalue weighted by molar-refractivity contribution is -0.122. The Morgan fingerprint density at radius 1 is 1.09 bits per heavy atom. The van der Waals surface area contributed by atoms with Crippen LogP contribution in [0.25, 0.3) is 0 Å². The molecule has 0 spiro atoms. The van der Waals surface area contributed by atoms with Crippen molar-refractivity contribution in [3.05, 3.63) is 59.7 Å². The van der Waals surface area contributed by atoms with E-state index in [0.717, 1.165) is 11.1 Å². The van der Waals surface area contributed by atoms with Crippen LogP contribution in [0.2, 0.25) is 0 Å². The molecule has 0 saturated heterocycles. The highest BCUT2D eigenvalue weighted by Crippen LogP contribution is 2.27. The van der Waals surface area contributed by atoms with Crippen LogP contribution in [0.15, 0.2) is 48.5 Å². The Morgan fingerprint density at radius 3 is 2.43 bits per heavy atom. The molecule has 122 valence electrons. The first-order chi connectivity index (χ1) is 11.2. The van der Waals surface area contributed by atoms with E-state index >= 15 is 0 Å². The summed E-state index contributed by atoms with van der Waals surface area (Å²) in [7, 11) is 3.20. The first kappa shape index (κ1) is 16.8. The van der Waals surface area contributed by atoms with Gasteiger partial charge in [-0.05, 0) is 29.7 Å². The van der Waals surface area contributed by atoms with Gasteiger partial charge in [-0.25, -0.2) is 0 Å². The topological polar surface area (TPSA) is 73.6 Å². The van der Waals surface area contributed by atoms with Crippen LogP contribution >= 0.6 is 0 Å². The molecule has 0 heterocycles. The van der Waals surface area contributed by atoms with Crippen LogP contribution in [0, 0.1) is 0 Å². The zero-order valence-electron chi connectivity index (χ0n) is 13.4. The second-order valence-corrected chi connectivity index (χ2v) is 5.12. The maximum Gasteiger partial charge on any atom is 0.241 e. The van der Waals surface area contributed by atoms with Gasteiger partial charge in [-0.1, -0.05) is 36.4 Å². The third-order valence-corrected chi connectivity index (χ3v) is 3.60. The monoisotopic (exact) mass is 314 g/mol. The number of amides is 1. The third kappa shape index (κ3) is 4.47. The van der Waals surface area contributed by atoms with Crippen molar-refractivity contribution >= 4 is 5.91 Å². The molecule has 1 amide bonds. The van der Waals surface area contributed by atoms with E-state index in [2.05, 4.69) is 5.32 Å². The first-order valence-corrected chi connectivity index (χ1v) is 7.45. The molecule has 0 bridgehead atoms. The molecule has 0 saturated carbocycles. The van der Waals surface area contributed by atoms with Gasteiger partial charge < -0.3 is 20.5 Å². The fourth-order valence-electron chi connectivity index (χ4n) is 2.29. The lowest BCUT2D eigenvalue weighted by atomic mass is 10.1. The minimum Gasteiger partial charge on any atom is -0.493 e. The van der Waals surface area contributed by atoms with Gasteiger partial charge in [0.05, 0.1) is 14.2 Å². The molecule has 0 aliphatic rings. The van der Waals surface area contributed by atoms with Gasteiger partial charge in [0.25, 0.3) is 0 Å². The maximum atomic E-state index is 12.1. The molecule has 2 aromatic rings. The van der Waals surface area contributed by atoms with Crippen molar-refractivity contribution in [2.24, 2.45) is 5.73 Å². The molecule has 0 aromatic heterocycles. The van der Waals surface area contributed by atoms with Crippen LogP contribution in [-0.4, -0.2) is 26.7 Å². The summed E-state index contributed by atoms with van der Waals surface area (Å²) < 4.78 is 10.5. The van der Waals surface area contributed by atoms with Crippen LogP contribution in [0.4, 0.5) is 0 Å². The van der Waals surface area contributed by atoms with Gasteiger partial charge in [-0.2, -0.15) is 0 Å². The summed E-state index contributed by atoms with van der Waals surface area (Å²) in [6, 6.07) is 14.4. The van der Waals surface area contributed by atoms with Gasteiger partial charge in [-0.15, -0.1) is 0 Å². The summed E-state index contributed by atoms with van der Waals surface area (Å²) in [6.07, 6.45) is 0.688. The number of nitrogens with two attached hydrogens (primary N) is 1. The highest BCUT2D eigenvalue weighted by molar-refractivity contribution is 5.82. The first-order valence-electron chi connectivity index (χ1n) is 7.45. The van der Waals surface area contributed by atoms with Gasteiger partial charge in [-0.3, -0.25) is 4.79 Å². The van der Waals surface area contributed by atoms with Crippen LogP contribution in [-0.2, 0) is 11.2 Å². The number of hydrogen-bond donors (Lipinski definition) is 2. The minimum atomic E-state index is -0.651. The molecule has 0 unspecified atom stereocenters. The Labute approximate surface area is 136 Å². The molecule has 0 radical (unpaired) electrons. The molecule has 0 aliphatic heterocycles. The molecular weight excluding hydrogens is 292 g/mol. The zero-order valence-corrected chi connectivity index (χ0v) is 13.4. The smallest absolute Gasteiger partial charge is 0.241 e. The highest BCUT2D eigenvalue weighted by atomic mass is 16.5. The molecule has 0 fully saturated rings. The standard InChI is InChI=1S/C18H22N2O3/c1-22-15-9-8-13(12-16(15)23-2)10-11-20-18(21)17(19)14-6-4-3-5-7-14/h3-9,12,17H,10-11,19H2,1-2H3,(H,20,21)/t17-/m0/s1. The average molecular weight is 314 g/mol. The number of hydrogen-bond acceptors (Lipinski definition) is 4.